The first-order chi connectivity index (χ1) is 10.2. The lowest BCUT2D eigenvalue weighted by atomic mass is 9.95. The fraction of sp³-hybridized carbons (Fsp3) is 0.467. The van der Waals surface area contributed by atoms with Crippen LogP contribution < -0.4 is 0 Å². The summed E-state index contributed by atoms with van der Waals surface area (Å²) in [6, 6.07) is 6.99. The summed E-state index contributed by atoms with van der Waals surface area (Å²) in [5.41, 5.74) is -0.239. The Morgan fingerprint density at radius 3 is 2.41 bits per heavy atom. The maximum atomic E-state index is 12.5. The molecule has 7 heteroatoms. The highest BCUT2D eigenvalue weighted by atomic mass is 35.5. The van der Waals surface area contributed by atoms with Crippen molar-refractivity contribution in [1.29, 1.82) is 0 Å². The predicted octanol–water partition coefficient (Wildman–Crippen LogP) is 4.02. The first-order valence-electron chi connectivity index (χ1n) is 6.66. The van der Waals surface area contributed by atoms with E-state index in [0.29, 0.717) is 10.6 Å². The molecule has 0 spiro atoms. The summed E-state index contributed by atoms with van der Waals surface area (Å²) in [5, 5.41) is 0.560. The summed E-state index contributed by atoms with van der Waals surface area (Å²) in [6.07, 6.45) is 0. The Labute approximate surface area is 145 Å². The summed E-state index contributed by atoms with van der Waals surface area (Å²) in [7, 11) is 0. The van der Waals surface area contributed by atoms with Crippen LogP contribution in [-0.4, -0.2) is 28.2 Å². The van der Waals surface area contributed by atoms with E-state index in [2.05, 4.69) is 0 Å². The fourth-order valence-electron chi connectivity index (χ4n) is 1.50. The highest BCUT2D eigenvalue weighted by Crippen LogP contribution is 2.24. The minimum absolute atomic E-state index is 0.0220. The molecule has 0 heterocycles. The number of halogens is 3. The lowest BCUT2D eigenvalue weighted by Crippen LogP contribution is -2.43. The smallest absolute Gasteiger partial charge is 0.336 e. The normalized spacial score (nSPS) is 12.6. The van der Waals surface area contributed by atoms with Gasteiger partial charge in [-0.15, -0.1) is 23.2 Å². The van der Waals surface area contributed by atoms with Gasteiger partial charge in [0.15, 0.2) is 0 Å². The third kappa shape index (κ3) is 5.04. The van der Waals surface area contributed by atoms with Gasteiger partial charge < -0.3 is 4.84 Å². The van der Waals surface area contributed by atoms with E-state index in [-0.39, 0.29) is 12.4 Å². The molecule has 0 aliphatic rings. The van der Waals surface area contributed by atoms with E-state index in [9.17, 15) is 9.59 Å². The van der Waals surface area contributed by atoms with Crippen LogP contribution in [0, 0.1) is 5.41 Å². The Kier molecular flexibility index (Phi) is 6.98. The molecule has 0 aliphatic carbocycles. The zero-order chi connectivity index (χ0) is 16.9. The van der Waals surface area contributed by atoms with Crippen molar-refractivity contribution in [3.8, 4) is 0 Å². The lowest BCUT2D eigenvalue weighted by Gasteiger charge is -2.29. The minimum Gasteiger partial charge on any atom is -0.336 e. The van der Waals surface area contributed by atoms with Gasteiger partial charge in [-0.3, -0.25) is 4.79 Å². The maximum Gasteiger partial charge on any atom is 0.349 e. The molecule has 0 saturated heterocycles. The van der Waals surface area contributed by atoms with Gasteiger partial charge in [-0.2, -0.15) is 5.06 Å². The molecule has 1 unspecified atom stereocenters. The quantitative estimate of drug-likeness (QED) is 0.584. The number of carbonyl (C=O) groups is 2. The van der Waals surface area contributed by atoms with E-state index in [1.807, 2.05) is 0 Å². The van der Waals surface area contributed by atoms with Gasteiger partial charge in [0.25, 0.3) is 5.91 Å². The average Bonchev–Trinajstić information content (AvgIpc) is 2.47. The third-order valence-corrected chi connectivity index (χ3v) is 4.15. The van der Waals surface area contributed by atoms with Gasteiger partial charge in [-0.05, 0) is 32.4 Å². The molecule has 1 amide bonds. The summed E-state index contributed by atoms with van der Waals surface area (Å²) in [4.78, 5) is 29.4. The standard InChI is InChI=1S/C15H18Cl3NO3/c1-10(17)13(20)22-19(14(21)15(2,3)9-16)8-11-6-4-5-7-12(11)18/h4-7,10H,8-9H2,1-3H3. The van der Waals surface area contributed by atoms with Crippen molar-refractivity contribution in [3.63, 3.8) is 0 Å². The zero-order valence-electron chi connectivity index (χ0n) is 12.6. The van der Waals surface area contributed by atoms with Crippen molar-refractivity contribution in [1.82, 2.24) is 5.06 Å². The van der Waals surface area contributed by atoms with Crippen molar-refractivity contribution < 1.29 is 14.4 Å². The van der Waals surface area contributed by atoms with E-state index in [1.54, 1.807) is 38.1 Å². The number of carbonyl (C=O) groups excluding carboxylic acids is 2. The molecule has 0 radical (unpaired) electrons. The summed E-state index contributed by atoms with van der Waals surface area (Å²) in [6.45, 7) is 4.82. The number of alkyl halides is 2. The lowest BCUT2D eigenvalue weighted by molar-refractivity contribution is -0.205. The number of benzene rings is 1. The molecule has 0 aliphatic heterocycles. The number of hydrogen-bond acceptors (Lipinski definition) is 3. The molecule has 0 aromatic heterocycles. The van der Waals surface area contributed by atoms with Crippen LogP contribution in [0.15, 0.2) is 24.3 Å². The second kappa shape index (κ2) is 8.04. The van der Waals surface area contributed by atoms with Gasteiger partial charge in [0, 0.05) is 10.9 Å². The van der Waals surface area contributed by atoms with Crippen molar-refractivity contribution in [2.24, 2.45) is 5.41 Å². The monoisotopic (exact) mass is 365 g/mol. The number of hydroxylamine groups is 2. The molecule has 0 fully saturated rings. The van der Waals surface area contributed by atoms with Gasteiger partial charge in [-0.25, -0.2) is 4.79 Å². The van der Waals surface area contributed by atoms with E-state index >= 15 is 0 Å². The minimum atomic E-state index is -0.890. The Balaban J connectivity index is 3.04. The molecule has 4 nitrogen and oxygen atoms in total. The molecule has 1 aromatic carbocycles. The van der Waals surface area contributed by atoms with Crippen LogP contribution >= 0.6 is 34.8 Å². The maximum absolute atomic E-state index is 12.5. The number of amides is 1. The van der Waals surface area contributed by atoms with Crippen LogP contribution in [0.3, 0.4) is 0 Å². The first kappa shape index (κ1) is 19.1. The predicted molar refractivity (Wildman–Crippen MR) is 87.9 cm³/mol. The van der Waals surface area contributed by atoms with Crippen LogP contribution in [0.5, 0.6) is 0 Å². The Morgan fingerprint density at radius 1 is 1.32 bits per heavy atom. The van der Waals surface area contributed by atoms with E-state index in [0.717, 1.165) is 5.06 Å². The van der Waals surface area contributed by atoms with Crippen LogP contribution in [0.25, 0.3) is 0 Å². The summed E-state index contributed by atoms with van der Waals surface area (Å²) >= 11 is 17.6. The van der Waals surface area contributed by atoms with E-state index in [4.69, 9.17) is 39.6 Å². The Morgan fingerprint density at radius 2 is 1.91 bits per heavy atom. The van der Waals surface area contributed by atoms with E-state index in [1.165, 1.54) is 6.92 Å². The van der Waals surface area contributed by atoms with Crippen LogP contribution in [0.2, 0.25) is 5.02 Å². The third-order valence-electron chi connectivity index (χ3n) is 2.94. The number of hydrogen-bond donors (Lipinski definition) is 0. The Hall–Kier alpha value is -0.970. The molecule has 1 atom stereocenters. The van der Waals surface area contributed by atoms with Crippen molar-refractivity contribution in [2.75, 3.05) is 5.88 Å². The zero-order valence-corrected chi connectivity index (χ0v) is 14.9. The molecular weight excluding hydrogens is 349 g/mol. The van der Waals surface area contributed by atoms with Gasteiger partial charge in [0.2, 0.25) is 0 Å². The molecule has 0 N–H and O–H groups in total. The largest absolute Gasteiger partial charge is 0.349 e. The first-order valence-corrected chi connectivity index (χ1v) is 8.01. The summed E-state index contributed by atoms with van der Waals surface area (Å²) in [5.74, 6) is -1.06. The molecule has 0 saturated carbocycles. The topological polar surface area (TPSA) is 46.6 Å². The van der Waals surface area contributed by atoms with Crippen molar-refractivity contribution in [3.05, 3.63) is 34.9 Å². The second-order valence-electron chi connectivity index (χ2n) is 5.48. The molecule has 122 valence electrons. The molecular formula is C15H18Cl3NO3. The number of rotatable bonds is 5. The van der Waals surface area contributed by atoms with Gasteiger partial charge in [0.1, 0.15) is 5.38 Å². The van der Waals surface area contributed by atoms with Crippen LogP contribution in [-0.2, 0) is 21.0 Å². The Bertz CT molecular complexity index is 547. The SMILES string of the molecule is CC(Cl)C(=O)ON(Cc1ccccc1Cl)C(=O)C(C)(C)CCl. The van der Waals surface area contributed by atoms with Crippen LogP contribution in [0.1, 0.15) is 26.3 Å². The van der Waals surface area contributed by atoms with Gasteiger partial charge in [0.05, 0.1) is 12.0 Å². The van der Waals surface area contributed by atoms with Gasteiger partial charge >= 0.3 is 5.97 Å². The molecule has 1 aromatic rings. The second-order valence-corrected chi connectivity index (χ2v) is 6.81. The highest BCUT2D eigenvalue weighted by Gasteiger charge is 2.34. The van der Waals surface area contributed by atoms with Gasteiger partial charge in [-0.1, -0.05) is 29.8 Å². The summed E-state index contributed by atoms with van der Waals surface area (Å²) < 4.78 is 0. The van der Waals surface area contributed by atoms with Crippen molar-refractivity contribution in [2.45, 2.75) is 32.7 Å². The van der Waals surface area contributed by atoms with Crippen LogP contribution in [0.4, 0.5) is 0 Å². The van der Waals surface area contributed by atoms with E-state index < -0.39 is 22.7 Å². The average molecular weight is 367 g/mol. The molecule has 1 rings (SSSR count). The molecule has 22 heavy (non-hydrogen) atoms. The number of nitrogens with zero attached hydrogens (tertiary/aromatic N) is 1. The van der Waals surface area contributed by atoms with Crippen molar-refractivity contribution >= 4 is 46.7 Å². The highest BCUT2D eigenvalue weighted by molar-refractivity contribution is 6.31. The molecule has 0 bridgehead atoms. The fourth-order valence-corrected chi connectivity index (χ4v) is 1.85.